The first-order valence-electron chi connectivity index (χ1n) is 7.51. The third-order valence-electron chi connectivity index (χ3n) is 3.95. The first-order chi connectivity index (χ1) is 10.9. The summed E-state index contributed by atoms with van der Waals surface area (Å²) in [4.78, 5) is 12.5. The van der Waals surface area contributed by atoms with Crippen LogP contribution in [0.25, 0.3) is 0 Å². The van der Waals surface area contributed by atoms with Crippen LogP contribution in [-0.4, -0.2) is 40.2 Å². The van der Waals surface area contributed by atoms with E-state index in [9.17, 15) is 10.1 Å². The molecule has 1 aromatic heterocycles. The lowest BCUT2D eigenvalue weighted by molar-refractivity contribution is -0.384. The number of benzene rings is 1. The van der Waals surface area contributed by atoms with Gasteiger partial charge < -0.3 is 10.2 Å². The molecule has 0 bridgehead atoms. The van der Waals surface area contributed by atoms with Gasteiger partial charge in [0.2, 0.25) is 0 Å². The zero-order chi connectivity index (χ0) is 17.0. The molecular weight excluding hydrogens is 294 g/mol. The van der Waals surface area contributed by atoms with E-state index >= 15 is 0 Å². The third kappa shape index (κ3) is 4.37. The van der Waals surface area contributed by atoms with Gasteiger partial charge in [0.15, 0.2) is 0 Å². The molecule has 0 aliphatic carbocycles. The fourth-order valence-corrected chi connectivity index (χ4v) is 2.50. The molecule has 7 nitrogen and oxygen atoms in total. The number of aromatic nitrogens is 2. The van der Waals surface area contributed by atoms with Crippen molar-refractivity contribution < 1.29 is 4.92 Å². The van der Waals surface area contributed by atoms with Gasteiger partial charge in [-0.1, -0.05) is 12.1 Å². The van der Waals surface area contributed by atoms with E-state index in [-0.39, 0.29) is 22.7 Å². The van der Waals surface area contributed by atoms with Crippen molar-refractivity contribution in [3.05, 3.63) is 57.9 Å². The second kappa shape index (κ2) is 7.34. The molecule has 7 heteroatoms. The van der Waals surface area contributed by atoms with Crippen LogP contribution in [0.5, 0.6) is 0 Å². The largest absolute Gasteiger partial charge is 0.308 e. The molecule has 0 fully saturated rings. The van der Waals surface area contributed by atoms with Crippen molar-refractivity contribution in [2.75, 3.05) is 20.6 Å². The quantitative estimate of drug-likeness (QED) is 0.626. The summed E-state index contributed by atoms with van der Waals surface area (Å²) in [6.07, 6.45) is 3.89. The van der Waals surface area contributed by atoms with Crippen molar-refractivity contribution in [2.24, 2.45) is 7.05 Å². The summed E-state index contributed by atoms with van der Waals surface area (Å²) in [5.74, 6) is 0. The maximum atomic E-state index is 10.7. The number of rotatable bonds is 7. The highest BCUT2D eigenvalue weighted by Gasteiger charge is 2.17. The molecule has 0 aliphatic rings. The fourth-order valence-electron chi connectivity index (χ4n) is 2.50. The number of nitrogens with one attached hydrogen (secondary N) is 1. The van der Waals surface area contributed by atoms with E-state index in [0.717, 1.165) is 17.7 Å². The van der Waals surface area contributed by atoms with E-state index in [1.165, 1.54) is 12.1 Å². The van der Waals surface area contributed by atoms with Crippen LogP contribution in [0, 0.1) is 10.1 Å². The van der Waals surface area contributed by atoms with Gasteiger partial charge in [-0.2, -0.15) is 5.10 Å². The summed E-state index contributed by atoms with van der Waals surface area (Å²) in [5.41, 5.74) is 2.29. The van der Waals surface area contributed by atoms with Crippen molar-refractivity contribution in [1.82, 2.24) is 20.0 Å². The zero-order valence-corrected chi connectivity index (χ0v) is 13.9. The predicted molar refractivity (Wildman–Crippen MR) is 89.2 cm³/mol. The lowest BCUT2D eigenvalue weighted by Crippen LogP contribution is -2.32. The van der Waals surface area contributed by atoms with Crippen LogP contribution in [0.4, 0.5) is 5.69 Å². The van der Waals surface area contributed by atoms with Gasteiger partial charge in [-0.15, -0.1) is 0 Å². The molecule has 1 N–H and O–H groups in total. The van der Waals surface area contributed by atoms with Crippen LogP contribution in [0.15, 0.2) is 36.7 Å². The first kappa shape index (κ1) is 17.1. The van der Waals surface area contributed by atoms with E-state index in [1.807, 2.05) is 33.5 Å². The Morgan fingerprint density at radius 2 is 1.96 bits per heavy atom. The van der Waals surface area contributed by atoms with Gasteiger partial charge in [0, 0.05) is 49.6 Å². The van der Waals surface area contributed by atoms with Crippen molar-refractivity contribution in [1.29, 1.82) is 0 Å². The Morgan fingerprint density at radius 3 is 2.43 bits per heavy atom. The van der Waals surface area contributed by atoms with E-state index in [4.69, 9.17) is 0 Å². The van der Waals surface area contributed by atoms with Crippen molar-refractivity contribution in [3.8, 4) is 0 Å². The molecule has 1 aromatic carbocycles. The molecule has 124 valence electrons. The lowest BCUT2D eigenvalue weighted by Gasteiger charge is -2.25. The van der Waals surface area contributed by atoms with Crippen molar-refractivity contribution >= 4 is 5.69 Å². The average Bonchev–Trinajstić information content (AvgIpc) is 2.93. The molecule has 0 saturated heterocycles. The topological polar surface area (TPSA) is 76.2 Å². The Balaban J connectivity index is 2.01. The summed E-state index contributed by atoms with van der Waals surface area (Å²) in [6.45, 7) is 2.81. The Labute approximate surface area is 136 Å². The number of likely N-dealkylation sites (N-methyl/N-ethyl adjacent to an activating group) is 1. The SMILES string of the molecule is C[C@H](NC[C@H](c1cnn(C)c1)N(C)C)c1ccc([N+](=O)[O-])cc1. The first-order valence-corrected chi connectivity index (χ1v) is 7.51. The normalized spacial score (nSPS) is 14.0. The highest BCUT2D eigenvalue weighted by molar-refractivity contribution is 5.34. The van der Waals surface area contributed by atoms with Gasteiger partial charge in [0.25, 0.3) is 5.69 Å². The Hall–Kier alpha value is -2.25. The number of nitrogens with zero attached hydrogens (tertiary/aromatic N) is 4. The van der Waals surface area contributed by atoms with Gasteiger partial charge >= 0.3 is 0 Å². The van der Waals surface area contributed by atoms with Gasteiger partial charge in [-0.25, -0.2) is 0 Å². The molecule has 23 heavy (non-hydrogen) atoms. The minimum atomic E-state index is -0.383. The van der Waals surface area contributed by atoms with Gasteiger partial charge in [0.1, 0.15) is 0 Å². The summed E-state index contributed by atoms with van der Waals surface area (Å²) in [5, 5.41) is 18.4. The highest BCUT2D eigenvalue weighted by Crippen LogP contribution is 2.20. The van der Waals surface area contributed by atoms with Crippen molar-refractivity contribution in [2.45, 2.75) is 19.0 Å². The number of hydrogen-bond donors (Lipinski definition) is 1. The van der Waals surface area contributed by atoms with Gasteiger partial charge in [-0.3, -0.25) is 14.8 Å². The second-order valence-corrected chi connectivity index (χ2v) is 5.91. The average molecular weight is 317 g/mol. The Morgan fingerprint density at radius 1 is 1.30 bits per heavy atom. The lowest BCUT2D eigenvalue weighted by atomic mass is 10.1. The number of non-ortho nitro benzene ring substituents is 1. The molecule has 0 aliphatic heterocycles. The molecule has 0 saturated carbocycles. The maximum absolute atomic E-state index is 10.7. The predicted octanol–water partition coefficient (Wildman–Crippen LogP) is 2.28. The Bertz CT molecular complexity index is 651. The molecule has 0 radical (unpaired) electrons. The summed E-state index contributed by atoms with van der Waals surface area (Å²) in [6, 6.07) is 6.99. The van der Waals surface area contributed by atoms with Crippen LogP contribution in [0.2, 0.25) is 0 Å². The number of hydrogen-bond acceptors (Lipinski definition) is 5. The smallest absolute Gasteiger partial charge is 0.269 e. The van der Waals surface area contributed by atoms with Crippen LogP contribution in [0.3, 0.4) is 0 Å². The minimum absolute atomic E-state index is 0.106. The Kier molecular flexibility index (Phi) is 5.46. The molecule has 2 aromatic rings. The van der Waals surface area contributed by atoms with E-state index in [0.29, 0.717) is 0 Å². The van der Waals surface area contributed by atoms with Crippen LogP contribution in [0.1, 0.15) is 30.1 Å². The van der Waals surface area contributed by atoms with Gasteiger partial charge in [-0.05, 0) is 26.6 Å². The standard InChI is InChI=1S/C16H23N5O2/c1-12(13-5-7-15(8-6-13)21(22)23)17-10-16(19(2)3)14-9-18-20(4)11-14/h5-9,11-12,16-17H,10H2,1-4H3/t12-,16+/m0/s1. The molecule has 1 heterocycles. The second-order valence-electron chi connectivity index (χ2n) is 5.91. The van der Waals surface area contributed by atoms with E-state index in [1.54, 1.807) is 16.8 Å². The van der Waals surface area contributed by atoms with Crippen molar-refractivity contribution in [3.63, 3.8) is 0 Å². The van der Waals surface area contributed by atoms with E-state index in [2.05, 4.69) is 22.2 Å². The maximum Gasteiger partial charge on any atom is 0.269 e. The van der Waals surface area contributed by atoms with Gasteiger partial charge in [0.05, 0.1) is 11.1 Å². The number of nitro benzene ring substituents is 1. The summed E-state index contributed by atoms with van der Waals surface area (Å²) in [7, 11) is 5.98. The molecule has 0 amide bonds. The highest BCUT2D eigenvalue weighted by atomic mass is 16.6. The molecule has 0 spiro atoms. The fraction of sp³-hybridized carbons (Fsp3) is 0.438. The molecule has 2 rings (SSSR count). The monoisotopic (exact) mass is 317 g/mol. The van der Waals surface area contributed by atoms with Crippen LogP contribution in [-0.2, 0) is 7.05 Å². The van der Waals surface area contributed by atoms with E-state index < -0.39 is 0 Å². The minimum Gasteiger partial charge on any atom is -0.308 e. The number of nitro groups is 1. The summed E-state index contributed by atoms with van der Waals surface area (Å²) >= 11 is 0. The third-order valence-corrected chi connectivity index (χ3v) is 3.95. The zero-order valence-electron chi connectivity index (χ0n) is 13.9. The van der Waals surface area contributed by atoms with Crippen LogP contribution < -0.4 is 5.32 Å². The van der Waals surface area contributed by atoms with Crippen LogP contribution >= 0.6 is 0 Å². The molecule has 2 atom stereocenters. The molecular formula is C16H23N5O2. The number of aryl methyl sites for hydroxylation is 1. The molecule has 0 unspecified atom stereocenters. The summed E-state index contributed by atoms with van der Waals surface area (Å²) < 4.78 is 1.80.